The minimum atomic E-state index is -0.325. The van der Waals surface area contributed by atoms with Gasteiger partial charge in [0.05, 0.1) is 5.02 Å². The van der Waals surface area contributed by atoms with E-state index < -0.39 is 0 Å². The molecule has 0 saturated heterocycles. The molecule has 1 aromatic heterocycles. The van der Waals surface area contributed by atoms with Gasteiger partial charge in [-0.15, -0.1) is 0 Å². The average Bonchev–Trinajstić information content (AvgIpc) is 2.96. The third kappa shape index (κ3) is 3.06. The molecule has 27 heavy (non-hydrogen) atoms. The van der Waals surface area contributed by atoms with Gasteiger partial charge < -0.3 is 5.32 Å². The van der Waals surface area contributed by atoms with Crippen LogP contribution in [0.5, 0.6) is 0 Å². The number of nitrogens with one attached hydrogen (secondary N) is 1. The van der Waals surface area contributed by atoms with Crippen LogP contribution in [0.2, 0.25) is 5.02 Å². The van der Waals surface area contributed by atoms with Crippen LogP contribution in [0.1, 0.15) is 40.1 Å². The second kappa shape index (κ2) is 7.05. The molecule has 5 heteroatoms. The lowest BCUT2D eigenvalue weighted by Gasteiger charge is -2.28. The first-order valence-electron chi connectivity index (χ1n) is 8.99. The molecule has 1 atom stereocenters. The van der Waals surface area contributed by atoms with Crippen LogP contribution in [0.25, 0.3) is 0 Å². The molecule has 136 valence electrons. The van der Waals surface area contributed by atoms with Gasteiger partial charge in [-0.25, -0.2) is 4.98 Å². The maximum absolute atomic E-state index is 13.1. The lowest BCUT2D eigenvalue weighted by atomic mass is 10.0. The minimum absolute atomic E-state index is 0.0652. The van der Waals surface area contributed by atoms with Crippen LogP contribution in [0, 0.1) is 6.92 Å². The van der Waals surface area contributed by atoms with Crippen LogP contribution in [-0.4, -0.2) is 10.9 Å². The number of hydrogen-bond donors (Lipinski definition) is 1. The van der Waals surface area contributed by atoms with Crippen molar-refractivity contribution in [2.75, 3.05) is 10.2 Å². The van der Waals surface area contributed by atoms with Gasteiger partial charge in [-0.1, -0.05) is 54.9 Å². The summed E-state index contributed by atoms with van der Waals surface area (Å²) in [5.41, 5.74) is 5.07. The highest BCUT2D eigenvalue weighted by Crippen LogP contribution is 2.38. The van der Waals surface area contributed by atoms with E-state index in [1.54, 1.807) is 23.2 Å². The van der Waals surface area contributed by atoms with Crippen molar-refractivity contribution < 1.29 is 4.79 Å². The summed E-state index contributed by atoms with van der Waals surface area (Å²) < 4.78 is 0. The number of halogens is 1. The zero-order chi connectivity index (χ0) is 19.0. The first-order valence-corrected chi connectivity index (χ1v) is 9.37. The standard InChI is InChI=1S/C22H20ClN3O/c1-3-15-8-6-7-14(2)20(15)25-21-17-9-4-5-10-18(17)22(27)26(21)19-12-11-16(23)13-24-19/h4-13,21,25H,3H2,1-2H3. The van der Waals surface area contributed by atoms with Crippen LogP contribution in [0.3, 0.4) is 0 Å². The Hall–Kier alpha value is -2.85. The Balaban J connectivity index is 1.82. The predicted molar refractivity (Wildman–Crippen MR) is 109 cm³/mol. The van der Waals surface area contributed by atoms with E-state index in [0.29, 0.717) is 16.4 Å². The van der Waals surface area contributed by atoms with Crippen LogP contribution in [0.4, 0.5) is 11.5 Å². The van der Waals surface area contributed by atoms with Crippen molar-refractivity contribution in [3.05, 3.63) is 88.1 Å². The predicted octanol–water partition coefficient (Wildman–Crippen LogP) is 5.38. The first-order chi connectivity index (χ1) is 13.1. The second-order valence-corrected chi connectivity index (χ2v) is 7.04. The van der Waals surface area contributed by atoms with Gasteiger partial charge in [-0.05, 0) is 42.7 Å². The molecule has 0 aliphatic carbocycles. The second-order valence-electron chi connectivity index (χ2n) is 6.61. The summed E-state index contributed by atoms with van der Waals surface area (Å²) in [6.45, 7) is 4.21. The number of pyridine rings is 1. The highest BCUT2D eigenvalue weighted by molar-refractivity contribution is 6.30. The molecule has 1 aliphatic rings. The maximum atomic E-state index is 13.1. The quantitative estimate of drug-likeness (QED) is 0.664. The SMILES string of the molecule is CCc1cccc(C)c1NC1c2ccccc2C(=O)N1c1ccc(Cl)cn1. The number of para-hydroxylation sites is 1. The van der Waals surface area contributed by atoms with E-state index >= 15 is 0 Å². The number of rotatable bonds is 4. The van der Waals surface area contributed by atoms with Gasteiger partial charge in [-0.3, -0.25) is 9.69 Å². The van der Waals surface area contributed by atoms with Crippen LogP contribution < -0.4 is 10.2 Å². The number of nitrogens with zero attached hydrogens (tertiary/aromatic N) is 2. The van der Waals surface area contributed by atoms with Crippen LogP contribution in [0.15, 0.2) is 60.8 Å². The lowest BCUT2D eigenvalue weighted by Crippen LogP contribution is -2.33. The van der Waals surface area contributed by atoms with Gasteiger partial charge in [0.2, 0.25) is 0 Å². The van der Waals surface area contributed by atoms with E-state index in [2.05, 4.69) is 42.3 Å². The van der Waals surface area contributed by atoms with Crippen LogP contribution >= 0.6 is 11.6 Å². The lowest BCUT2D eigenvalue weighted by molar-refractivity contribution is 0.0992. The molecule has 1 unspecified atom stereocenters. The molecule has 4 rings (SSSR count). The Labute approximate surface area is 163 Å². The van der Waals surface area contributed by atoms with E-state index in [9.17, 15) is 4.79 Å². The van der Waals surface area contributed by atoms with Gasteiger partial charge in [-0.2, -0.15) is 0 Å². The molecule has 2 heterocycles. The molecule has 1 amide bonds. The molecule has 0 fully saturated rings. The molecular formula is C22H20ClN3O. The normalized spacial score (nSPS) is 15.7. The highest BCUT2D eigenvalue weighted by Gasteiger charge is 2.38. The molecule has 0 spiro atoms. The summed E-state index contributed by atoms with van der Waals surface area (Å²) in [6.07, 6.45) is 2.15. The Kier molecular flexibility index (Phi) is 4.58. The van der Waals surface area contributed by atoms with E-state index in [-0.39, 0.29) is 12.1 Å². The van der Waals surface area contributed by atoms with Gasteiger partial charge in [0.25, 0.3) is 5.91 Å². The number of aromatic nitrogens is 1. The fourth-order valence-electron chi connectivity index (χ4n) is 3.57. The third-order valence-electron chi connectivity index (χ3n) is 4.94. The first kappa shape index (κ1) is 17.6. The van der Waals surface area contributed by atoms with Gasteiger partial charge in [0.1, 0.15) is 12.0 Å². The Morgan fingerprint density at radius 2 is 1.93 bits per heavy atom. The zero-order valence-electron chi connectivity index (χ0n) is 15.2. The van der Waals surface area contributed by atoms with Crippen molar-refractivity contribution in [3.63, 3.8) is 0 Å². The fraction of sp³-hybridized carbons (Fsp3) is 0.182. The Morgan fingerprint density at radius 1 is 1.11 bits per heavy atom. The number of aryl methyl sites for hydroxylation is 2. The largest absolute Gasteiger partial charge is 0.361 e. The van der Waals surface area contributed by atoms with Gasteiger partial charge >= 0.3 is 0 Å². The number of fused-ring (bicyclic) bond motifs is 1. The van der Waals surface area contributed by atoms with Crippen molar-refractivity contribution in [3.8, 4) is 0 Å². The van der Waals surface area contributed by atoms with Gasteiger partial charge in [0, 0.05) is 23.0 Å². The average molecular weight is 378 g/mol. The number of carbonyl (C=O) groups is 1. The summed E-state index contributed by atoms with van der Waals surface area (Å²) in [7, 11) is 0. The van der Waals surface area contributed by atoms with Crippen molar-refractivity contribution in [1.82, 2.24) is 4.98 Å². The monoisotopic (exact) mass is 377 g/mol. The molecule has 0 bridgehead atoms. The summed E-state index contributed by atoms with van der Waals surface area (Å²) in [5.74, 6) is 0.509. The fourth-order valence-corrected chi connectivity index (χ4v) is 3.68. The van der Waals surface area contributed by atoms with E-state index in [1.165, 1.54) is 5.56 Å². The number of anilines is 2. The zero-order valence-corrected chi connectivity index (χ0v) is 16.0. The number of hydrogen-bond acceptors (Lipinski definition) is 3. The van der Waals surface area contributed by atoms with Crippen molar-refractivity contribution >= 4 is 29.0 Å². The summed E-state index contributed by atoms with van der Waals surface area (Å²) in [5, 5.41) is 4.15. The molecule has 1 aliphatic heterocycles. The van der Waals surface area contributed by atoms with Crippen molar-refractivity contribution in [2.24, 2.45) is 0 Å². The Bertz CT molecular complexity index is 1000. The van der Waals surface area contributed by atoms with E-state index in [4.69, 9.17) is 11.6 Å². The number of carbonyl (C=O) groups excluding carboxylic acids is 1. The molecule has 1 N–H and O–H groups in total. The van der Waals surface area contributed by atoms with E-state index in [0.717, 1.165) is 23.2 Å². The maximum Gasteiger partial charge on any atom is 0.261 e. The summed E-state index contributed by atoms with van der Waals surface area (Å²) >= 11 is 5.99. The minimum Gasteiger partial charge on any atom is -0.361 e. The molecule has 3 aromatic rings. The molecule has 0 radical (unpaired) electrons. The number of amides is 1. The summed E-state index contributed by atoms with van der Waals surface area (Å²) in [4.78, 5) is 19.2. The molecule has 4 nitrogen and oxygen atoms in total. The Morgan fingerprint density at radius 3 is 2.67 bits per heavy atom. The third-order valence-corrected chi connectivity index (χ3v) is 5.17. The van der Waals surface area contributed by atoms with Gasteiger partial charge in [0.15, 0.2) is 0 Å². The van der Waals surface area contributed by atoms with Crippen molar-refractivity contribution in [2.45, 2.75) is 26.4 Å². The summed E-state index contributed by atoms with van der Waals surface area (Å²) in [6, 6.07) is 17.5. The molecular weight excluding hydrogens is 358 g/mol. The topological polar surface area (TPSA) is 45.2 Å². The highest BCUT2D eigenvalue weighted by atomic mass is 35.5. The van der Waals surface area contributed by atoms with Crippen LogP contribution in [-0.2, 0) is 6.42 Å². The van der Waals surface area contributed by atoms with E-state index in [1.807, 2.05) is 24.3 Å². The number of benzene rings is 2. The molecule has 0 saturated carbocycles. The van der Waals surface area contributed by atoms with Crippen molar-refractivity contribution in [1.29, 1.82) is 0 Å². The smallest absolute Gasteiger partial charge is 0.261 e. The molecule has 2 aromatic carbocycles.